The third-order valence-electron chi connectivity index (χ3n) is 3.97. The zero-order chi connectivity index (χ0) is 22.1. The van der Waals surface area contributed by atoms with Gasteiger partial charge in [0.05, 0.1) is 26.3 Å². The molecular formula is C21H24BrN3O5. The van der Waals surface area contributed by atoms with Gasteiger partial charge in [0.2, 0.25) is 5.91 Å². The van der Waals surface area contributed by atoms with Gasteiger partial charge in [-0.05, 0) is 49.7 Å². The van der Waals surface area contributed by atoms with Crippen molar-refractivity contribution >= 4 is 39.1 Å². The number of methoxy groups -OCH3 is 2. The number of amides is 2. The van der Waals surface area contributed by atoms with Gasteiger partial charge in [-0.3, -0.25) is 9.59 Å². The van der Waals surface area contributed by atoms with Gasteiger partial charge in [0.25, 0.3) is 5.91 Å². The van der Waals surface area contributed by atoms with E-state index in [1.54, 1.807) is 38.3 Å². The van der Waals surface area contributed by atoms with E-state index in [1.165, 1.54) is 7.11 Å². The molecule has 0 atom stereocenters. The number of rotatable bonds is 9. The fourth-order valence-electron chi connectivity index (χ4n) is 2.48. The first-order chi connectivity index (χ1) is 14.3. The van der Waals surface area contributed by atoms with Gasteiger partial charge in [-0.1, -0.05) is 15.9 Å². The first-order valence-corrected chi connectivity index (χ1v) is 9.84. The van der Waals surface area contributed by atoms with Crippen molar-refractivity contribution < 1.29 is 23.8 Å². The first kappa shape index (κ1) is 23.2. The highest BCUT2D eigenvalue weighted by Crippen LogP contribution is 2.29. The predicted octanol–water partition coefficient (Wildman–Crippen LogP) is 3.67. The minimum atomic E-state index is -0.422. The maximum atomic E-state index is 12.2. The van der Waals surface area contributed by atoms with Crippen LogP contribution in [0.3, 0.4) is 0 Å². The minimum Gasteiger partial charge on any atom is -0.497 e. The molecule has 0 aliphatic heterocycles. The second-order valence-corrected chi connectivity index (χ2v) is 7.29. The lowest BCUT2D eigenvalue weighted by molar-refractivity contribution is -0.123. The SMILES string of the molecule is COc1ccc(NC(=O)C/C(C)=N\NC(=O)COc2ccc(Br)cc2C)c(OC)c1. The average Bonchev–Trinajstić information content (AvgIpc) is 2.71. The minimum absolute atomic E-state index is 0.00212. The van der Waals surface area contributed by atoms with E-state index in [0.29, 0.717) is 28.6 Å². The van der Waals surface area contributed by atoms with Gasteiger partial charge < -0.3 is 19.5 Å². The normalized spacial score (nSPS) is 10.9. The van der Waals surface area contributed by atoms with Crippen LogP contribution in [0.5, 0.6) is 17.2 Å². The molecule has 0 bridgehead atoms. The molecule has 0 radical (unpaired) electrons. The topological polar surface area (TPSA) is 98.2 Å². The second kappa shape index (κ2) is 11.2. The number of halogens is 1. The van der Waals surface area contributed by atoms with E-state index < -0.39 is 5.91 Å². The van der Waals surface area contributed by atoms with Gasteiger partial charge in [-0.15, -0.1) is 0 Å². The van der Waals surface area contributed by atoms with Crippen LogP contribution in [-0.2, 0) is 9.59 Å². The highest BCUT2D eigenvalue weighted by molar-refractivity contribution is 9.10. The number of nitrogens with zero attached hydrogens (tertiary/aromatic N) is 1. The van der Waals surface area contributed by atoms with Crippen LogP contribution in [0.4, 0.5) is 5.69 Å². The van der Waals surface area contributed by atoms with Crippen molar-refractivity contribution in [2.45, 2.75) is 20.3 Å². The standard InChI is InChI=1S/C21H24BrN3O5/c1-13-9-15(22)5-8-18(13)30-12-21(27)25-24-14(2)10-20(26)23-17-7-6-16(28-3)11-19(17)29-4/h5-9,11H,10,12H2,1-4H3,(H,23,26)(H,25,27)/b24-14-. The smallest absolute Gasteiger partial charge is 0.277 e. The van der Waals surface area contributed by atoms with Crippen LogP contribution < -0.4 is 25.0 Å². The number of carbonyl (C=O) groups excluding carboxylic acids is 2. The number of carbonyl (C=O) groups is 2. The third-order valence-corrected chi connectivity index (χ3v) is 4.46. The summed E-state index contributed by atoms with van der Waals surface area (Å²) < 4.78 is 16.8. The van der Waals surface area contributed by atoms with Crippen molar-refractivity contribution in [2.75, 3.05) is 26.1 Å². The number of ether oxygens (including phenoxy) is 3. The molecule has 0 fully saturated rings. The molecule has 2 aromatic rings. The average molecular weight is 478 g/mol. The summed E-state index contributed by atoms with van der Waals surface area (Å²) in [5.41, 5.74) is 4.24. The number of aryl methyl sites for hydroxylation is 1. The van der Waals surface area contributed by atoms with Crippen molar-refractivity contribution in [2.24, 2.45) is 5.10 Å². The van der Waals surface area contributed by atoms with Gasteiger partial charge in [0.1, 0.15) is 17.2 Å². The monoisotopic (exact) mass is 477 g/mol. The van der Waals surface area contributed by atoms with Gasteiger partial charge in [-0.25, -0.2) is 5.43 Å². The Morgan fingerprint density at radius 2 is 1.80 bits per heavy atom. The van der Waals surface area contributed by atoms with Gasteiger partial charge >= 0.3 is 0 Å². The Bertz CT molecular complexity index is 946. The molecule has 0 saturated heterocycles. The van der Waals surface area contributed by atoms with Crippen LogP contribution in [-0.4, -0.2) is 38.4 Å². The van der Waals surface area contributed by atoms with Gasteiger partial charge in [0, 0.05) is 16.3 Å². The van der Waals surface area contributed by atoms with Crippen LogP contribution in [0.1, 0.15) is 18.9 Å². The zero-order valence-corrected chi connectivity index (χ0v) is 18.8. The molecule has 9 heteroatoms. The Labute approximate surface area is 183 Å². The van der Waals surface area contributed by atoms with E-state index >= 15 is 0 Å². The predicted molar refractivity (Wildman–Crippen MR) is 118 cm³/mol. The molecule has 2 rings (SSSR count). The molecule has 0 heterocycles. The highest BCUT2D eigenvalue weighted by atomic mass is 79.9. The van der Waals surface area contributed by atoms with Crippen LogP contribution in [0.15, 0.2) is 46.0 Å². The number of hydrogen-bond donors (Lipinski definition) is 2. The molecule has 0 aliphatic carbocycles. The maximum Gasteiger partial charge on any atom is 0.277 e. The summed E-state index contributed by atoms with van der Waals surface area (Å²) in [5, 5.41) is 6.69. The van der Waals surface area contributed by atoms with Crippen molar-refractivity contribution in [3.63, 3.8) is 0 Å². The molecule has 2 N–H and O–H groups in total. The highest BCUT2D eigenvalue weighted by Gasteiger charge is 2.11. The Morgan fingerprint density at radius 3 is 2.47 bits per heavy atom. The zero-order valence-electron chi connectivity index (χ0n) is 17.2. The van der Waals surface area contributed by atoms with Crippen LogP contribution in [0, 0.1) is 6.92 Å². The molecule has 8 nitrogen and oxygen atoms in total. The van der Waals surface area contributed by atoms with Crippen molar-refractivity contribution in [1.29, 1.82) is 0 Å². The fraction of sp³-hybridized carbons (Fsp3) is 0.286. The lowest BCUT2D eigenvalue weighted by atomic mass is 10.2. The summed E-state index contributed by atoms with van der Waals surface area (Å²) in [6.07, 6.45) is 0.00212. The van der Waals surface area contributed by atoms with Gasteiger partial charge in [-0.2, -0.15) is 5.10 Å². The van der Waals surface area contributed by atoms with Crippen LogP contribution in [0.2, 0.25) is 0 Å². The van der Waals surface area contributed by atoms with E-state index in [1.807, 2.05) is 19.1 Å². The van der Waals surface area contributed by atoms with Crippen LogP contribution >= 0.6 is 15.9 Å². The number of benzene rings is 2. The number of hydrazone groups is 1. The summed E-state index contributed by atoms with van der Waals surface area (Å²) in [4.78, 5) is 24.2. The Hall–Kier alpha value is -3.07. The third kappa shape index (κ3) is 7.07. The molecule has 0 aromatic heterocycles. The van der Waals surface area contributed by atoms with E-state index in [4.69, 9.17) is 14.2 Å². The molecule has 0 unspecified atom stereocenters. The first-order valence-electron chi connectivity index (χ1n) is 9.05. The Morgan fingerprint density at radius 1 is 1.03 bits per heavy atom. The van der Waals surface area contributed by atoms with Crippen molar-refractivity contribution in [3.8, 4) is 17.2 Å². The quantitative estimate of drug-likeness (QED) is 0.424. The molecule has 0 saturated carbocycles. The van der Waals surface area contributed by atoms with E-state index in [9.17, 15) is 9.59 Å². The van der Waals surface area contributed by atoms with Crippen molar-refractivity contribution in [1.82, 2.24) is 5.43 Å². The fourth-order valence-corrected chi connectivity index (χ4v) is 2.95. The summed E-state index contributed by atoms with van der Waals surface area (Å²) in [6.45, 7) is 3.34. The van der Waals surface area contributed by atoms with Crippen LogP contribution in [0.25, 0.3) is 0 Å². The lowest BCUT2D eigenvalue weighted by Gasteiger charge is -2.11. The number of anilines is 1. The second-order valence-electron chi connectivity index (χ2n) is 6.37. The molecule has 2 amide bonds. The lowest BCUT2D eigenvalue weighted by Crippen LogP contribution is -2.26. The summed E-state index contributed by atoms with van der Waals surface area (Å²) in [7, 11) is 3.05. The largest absolute Gasteiger partial charge is 0.497 e. The summed E-state index contributed by atoms with van der Waals surface area (Å²) in [6, 6.07) is 10.6. The molecular weight excluding hydrogens is 454 g/mol. The molecule has 2 aromatic carbocycles. The van der Waals surface area contributed by atoms with E-state index in [0.717, 1.165) is 10.0 Å². The maximum absolute atomic E-state index is 12.2. The number of nitrogens with one attached hydrogen (secondary N) is 2. The molecule has 30 heavy (non-hydrogen) atoms. The van der Waals surface area contributed by atoms with Crippen molar-refractivity contribution in [3.05, 3.63) is 46.4 Å². The molecule has 0 aliphatic rings. The summed E-state index contributed by atoms with van der Waals surface area (Å²) >= 11 is 3.37. The summed E-state index contributed by atoms with van der Waals surface area (Å²) in [5.74, 6) is 0.989. The Kier molecular flexibility index (Phi) is 8.67. The molecule has 160 valence electrons. The number of hydrogen-bond acceptors (Lipinski definition) is 6. The van der Waals surface area contributed by atoms with Gasteiger partial charge in [0.15, 0.2) is 6.61 Å². The molecule has 0 spiro atoms. The van der Waals surface area contributed by atoms with E-state index in [-0.39, 0.29) is 18.9 Å². The Balaban J connectivity index is 1.84. The van der Waals surface area contributed by atoms with E-state index in [2.05, 4.69) is 31.8 Å².